The molecular weight excluding hydrogens is 765 g/mol. The summed E-state index contributed by atoms with van der Waals surface area (Å²) in [5, 5.41) is 0. The predicted molar refractivity (Wildman–Crippen MR) is 281 cm³/mol. The molecule has 0 aliphatic heterocycles. The molecule has 6 heteroatoms. The Kier molecular flexibility index (Phi) is 31.5. The Hall–Kier alpha value is -4.55. The van der Waals surface area contributed by atoms with Gasteiger partial charge in [0.1, 0.15) is 5.52 Å². The van der Waals surface area contributed by atoms with Crippen molar-refractivity contribution in [3.8, 4) is 0 Å². The molecule has 0 fully saturated rings. The van der Waals surface area contributed by atoms with Crippen molar-refractivity contribution in [3.63, 3.8) is 0 Å². The summed E-state index contributed by atoms with van der Waals surface area (Å²) in [4.78, 5) is 12.3. The molecule has 0 bridgehead atoms. The van der Waals surface area contributed by atoms with E-state index in [4.69, 9.17) is 4.42 Å². The quantitative estimate of drug-likeness (QED) is 0.152. The largest absolute Gasteiger partial charge is 0.443 e. The highest BCUT2D eigenvalue weighted by molar-refractivity contribution is 7.16. The van der Waals surface area contributed by atoms with E-state index in [-0.39, 0.29) is 29.7 Å². The van der Waals surface area contributed by atoms with E-state index in [1.54, 1.807) is 11.3 Å². The lowest BCUT2D eigenvalue weighted by Crippen LogP contribution is -1.93. The van der Waals surface area contributed by atoms with Gasteiger partial charge < -0.3 is 8.98 Å². The number of hydrogen-bond acceptors (Lipinski definition) is 5. The Morgan fingerprint density at radius 3 is 1.44 bits per heavy atom. The Labute approximate surface area is 380 Å². The van der Waals surface area contributed by atoms with Gasteiger partial charge in [-0.15, -0.1) is 11.3 Å². The van der Waals surface area contributed by atoms with Crippen LogP contribution in [0.3, 0.4) is 0 Å². The molecule has 4 aromatic carbocycles. The molecule has 0 N–H and O–H groups in total. The summed E-state index contributed by atoms with van der Waals surface area (Å²) < 4.78 is 8.28. The van der Waals surface area contributed by atoms with Gasteiger partial charge >= 0.3 is 0 Å². The minimum absolute atomic E-state index is 0. The van der Waals surface area contributed by atoms with E-state index >= 15 is 0 Å². The van der Waals surface area contributed by atoms with Crippen LogP contribution in [0.5, 0.6) is 0 Å². The molecule has 5 nitrogen and oxygen atoms in total. The monoisotopic (exact) mass is 855 g/mol. The van der Waals surface area contributed by atoms with Crippen LogP contribution >= 0.6 is 11.3 Å². The SMILES string of the molecule is C.C.C.C.C1=Cc2ccccc2C1.CC(C)(C)C.CC(C)(C)C.CC(C)(C)C.CC(C)(C)C.Cn1cnc2ccccc21.c1ccc2ocnc2c1.c1ccc2scnc2c1. The predicted octanol–water partition coefficient (Wildman–Crippen LogP) is 18.7. The number of rotatable bonds is 0. The Bertz CT molecular complexity index is 1920. The van der Waals surface area contributed by atoms with Gasteiger partial charge in [-0.25, -0.2) is 15.0 Å². The fourth-order valence-electron chi connectivity index (χ4n) is 3.88. The lowest BCUT2D eigenvalue weighted by molar-refractivity contribution is 0.469. The maximum absolute atomic E-state index is 5.01. The molecule has 8 rings (SSSR count). The van der Waals surface area contributed by atoms with Crippen molar-refractivity contribution < 1.29 is 4.42 Å². The zero-order valence-corrected chi connectivity index (χ0v) is 39.3. The lowest BCUT2D eigenvalue weighted by Gasteiger charge is -2.05. The number of thiazole rings is 1. The summed E-state index contributed by atoms with van der Waals surface area (Å²) in [6, 6.07) is 32.4. The first-order chi connectivity index (χ1) is 26.3. The molecule has 1 aliphatic carbocycles. The smallest absolute Gasteiger partial charge is 0.181 e. The fourth-order valence-corrected chi connectivity index (χ4v) is 4.56. The average molecular weight is 855 g/mol. The minimum Gasteiger partial charge on any atom is -0.443 e. The zero-order valence-electron chi connectivity index (χ0n) is 38.4. The zero-order chi connectivity index (χ0) is 43.3. The average Bonchev–Trinajstić information content (AvgIpc) is 3.90. The summed E-state index contributed by atoms with van der Waals surface area (Å²) in [6.45, 7) is 35.0. The molecule has 3 heterocycles. The van der Waals surface area contributed by atoms with Crippen LogP contribution in [-0.4, -0.2) is 19.5 Å². The molecule has 1 aliphatic rings. The normalized spacial score (nSPS) is 10.7. The first-order valence-corrected chi connectivity index (χ1v) is 20.8. The van der Waals surface area contributed by atoms with Gasteiger partial charge in [-0.2, -0.15) is 0 Å². The molecule has 3 aromatic heterocycles. The van der Waals surface area contributed by atoms with Gasteiger partial charge in [0.25, 0.3) is 0 Å². The number of allylic oxidation sites excluding steroid dienone is 1. The molecule has 0 saturated heterocycles. The number of aromatic nitrogens is 4. The molecule has 0 unspecified atom stereocenters. The molecule has 7 aromatic rings. The van der Waals surface area contributed by atoms with Crippen molar-refractivity contribution in [2.24, 2.45) is 28.7 Å². The highest BCUT2D eigenvalue weighted by Gasteiger charge is 2.01. The van der Waals surface area contributed by atoms with Crippen molar-refractivity contribution in [3.05, 3.63) is 132 Å². The van der Waals surface area contributed by atoms with Gasteiger partial charge in [0.2, 0.25) is 0 Å². The molecule has 0 radical (unpaired) electrons. The van der Waals surface area contributed by atoms with Gasteiger partial charge in [-0.1, -0.05) is 213 Å². The number of benzene rings is 4. The summed E-state index contributed by atoms with van der Waals surface area (Å²) in [6.07, 6.45) is 8.77. The second-order valence-corrected chi connectivity index (χ2v) is 21.2. The topological polar surface area (TPSA) is 56.7 Å². The number of nitrogens with zero attached hydrogens (tertiary/aromatic N) is 4. The Morgan fingerprint density at radius 1 is 0.508 bits per heavy atom. The van der Waals surface area contributed by atoms with E-state index in [9.17, 15) is 0 Å². The van der Waals surface area contributed by atoms with Crippen LogP contribution in [0, 0.1) is 21.7 Å². The van der Waals surface area contributed by atoms with Crippen molar-refractivity contribution in [2.75, 3.05) is 0 Å². The van der Waals surface area contributed by atoms with E-state index in [1.807, 2.05) is 84.1 Å². The number of fused-ring (bicyclic) bond motifs is 4. The number of aryl methyl sites for hydroxylation is 1. The van der Waals surface area contributed by atoms with E-state index in [2.05, 4.69) is 174 Å². The van der Waals surface area contributed by atoms with Gasteiger partial charge in [0.15, 0.2) is 12.0 Å². The van der Waals surface area contributed by atoms with Crippen LogP contribution in [0.4, 0.5) is 0 Å². The van der Waals surface area contributed by atoms with Crippen molar-refractivity contribution in [1.29, 1.82) is 0 Å². The summed E-state index contributed by atoms with van der Waals surface area (Å²) in [5.74, 6) is 0. The van der Waals surface area contributed by atoms with E-state index in [1.165, 1.54) is 27.7 Å². The minimum atomic E-state index is 0. The second-order valence-electron chi connectivity index (χ2n) is 20.3. The Balaban J connectivity index is -0.000000307. The molecule has 61 heavy (non-hydrogen) atoms. The highest BCUT2D eigenvalue weighted by Crippen LogP contribution is 2.18. The molecule has 0 saturated carbocycles. The summed E-state index contributed by atoms with van der Waals surface area (Å²) >= 11 is 1.68. The van der Waals surface area contributed by atoms with Crippen molar-refractivity contribution in [1.82, 2.24) is 19.5 Å². The van der Waals surface area contributed by atoms with Crippen molar-refractivity contribution in [2.45, 2.75) is 147 Å². The first kappa shape index (κ1) is 63.1. The molecular formula is C55H90N4OS. The first-order valence-electron chi connectivity index (χ1n) is 19.9. The number of oxazole rings is 1. The number of para-hydroxylation sites is 5. The van der Waals surface area contributed by atoms with Crippen LogP contribution in [-0.2, 0) is 13.5 Å². The molecule has 0 spiro atoms. The van der Waals surface area contributed by atoms with Gasteiger partial charge in [-0.05, 0) is 75.6 Å². The van der Waals surface area contributed by atoms with E-state index < -0.39 is 0 Å². The second kappa shape index (κ2) is 30.5. The maximum Gasteiger partial charge on any atom is 0.181 e. The highest BCUT2D eigenvalue weighted by atomic mass is 32.1. The standard InChI is InChI=1S/C9H8.C8H8N2.C7H5NO.C7H5NS.4C5H12.4CH4/c1-2-5-9-7-3-6-8(9)4-1;1-10-6-9-7-4-2-3-5-8(7)10;2*1-2-4-7-6(3-1)8-5-9-7;4*1-5(2,3)4;;;;/h1-6H,7H2;2-6H,1H3;2*1-5H;4*1-4H3;4*1H4. The molecule has 0 amide bonds. The third-order valence-electron chi connectivity index (χ3n) is 5.80. The van der Waals surface area contributed by atoms with E-state index in [0.29, 0.717) is 21.7 Å². The van der Waals surface area contributed by atoms with Crippen LogP contribution in [0.2, 0.25) is 0 Å². The van der Waals surface area contributed by atoms with Gasteiger partial charge in [-0.3, -0.25) is 0 Å². The fraction of sp³-hybridized carbons (Fsp3) is 0.473. The third-order valence-corrected chi connectivity index (χ3v) is 6.61. The van der Waals surface area contributed by atoms with Crippen LogP contribution < -0.4 is 0 Å². The van der Waals surface area contributed by atoms with Crippen molar-refractivity contribution >= 4 is 49.8 Å². The van der Waals surface area contributed by atoms with Crippen LogP contribution in [0.1, 0.15) is 152 Å². The summed E-state index contributed by atoms with van der Waals surface area (Å²) in [5.41, 5.74) is 11.8. The van der Waals surface area contributed by atoms with Crippen LogP contribution in [0.25, 0.3) is 38.4 Å². The number of imidazole rings is 1. The molecule has 342 valence electrons. The molecule has 0 atom stereocenters. The van der Waals surface area contributed by atoms with E-state index in [0.717, 1.165) is 28.6 Å². The number of hydrogen-bond donors (Lipinski definition) is 0. The van der Waals surface area contributed by atoms with Gasteiger partial charge in [0, 0.05) is 7.05 Å². The third kappa shape index (κ3) is 35.9. The lowest BCUT2D eigenvalue weighted by atomic mass is 10.0. The summed E-state index contributed by atoms with van der Waals surface area (Å²) in [7, 11) is 2.00. The van der Waals surface area contributed by atoms with Crippen LogP contribution in [0.15, 0.2) is 126 Å². The maximum atomic E-state index is 5.01. The Morgan fingerprint density at radius 2 is 0.951 bits per heavy atom. The van der Waals surface area contributed by atoms with Gasteiger partial charge in [0.05, 0.1) is 33.1 Å².